The molecule has 1 heterocycles. The second kappa shape index (κ2) is 7.62. The van der Waals surface area contributed by atoms with Crippen molar-refractivity contribution in [3.05, 3.63) is 0 Å². The minimum absolute atomic E-state index is 0.0270. The molecule has 0 spiro atoms. The van der Waals surface area contributed by atoms with Gasteiger partial charge in [-0.05, 0) is 37.5 Å². The summed E-state index contributed by atoms with van der Waals surface area (Å²) in [6.07, 6.45) is 10.3. The van der Waals surface area contributed by atoms with Crippen molar-refractivity contribution in [2.24, 2.45) is 11.8 Å². The summed E-state index contributed by atoms with van der Waals surface area (Å²) in [6.45, 7) is 8.79. The molecule has 3 atom stereocenters. The standard InChI is InChI=1S/C18H34N2O/c1-5-10-16-19-17(13(3)4)18(21)20(16)15(6-2)14-11-8-7-9-12-14/h13-17,19H,5-12H2,1-4H3. The second-order valence-electron chi connectivity index (χ2n) is 7.31. The molecular weight excluding hydrogens is 260 g/mol. The highest BCUT2D eigenvalue weighted by atomic mass is 16.2. The van der Waals surface area contributed by atoms with Gasteiger partial charge >= 0.3 is 0 Å². The van der Waals surface area contributed by atoms with Gasteiger partial charge in [-0.2, -0.15) is 0 Å². The third-order valence-corrected chi connectivity index (χ3v) is 5.43. The van der Waals surface area contributed by atoms with Crippen LogP contribution in [0, 0.1) is 11.8 Å². The van der Waals surface area contributed by atoms with Crippen LogP contribution < -0.4 is 5.32 Å². The predicted molar refractivity (Wildman–Crippen MR) is 88.0 cm³/mol. The van der Waals surface area contributed by atoms with Crippen LogP contribution in [0.5, 0.6) is 0 Å². The Kier molecular flexibility index (Phi) is 6.09. The minimum Gasteiger partial charge on any atom is -0.323 e. The molecule has 2 aliphatic rings. The summed E-state index contributed by atoms with van der Waals surface area (Å²) in [5.41, 5.74) is 0. The highest BCUT2D eigenvalue weighted by molar-refractivity contribution is 5.85. The summed E-state index contributed by atoms with van der Waals surface area (Å²) < 4.78 is 0. The summed E-state index contributed by atoms with van der Waals surface area (Å²) in [4.78, 5) is 15.2. The van der Waals surface area contributed by atoms with Gasteiger partial charge in [-0.3, -0.25) is 10.1 Å². The van der Waals surface area contributed by atoms with Crippen molar-refractivity contribution in [1.29, 1.82) is 0 Å². The molecule has 122 valence electrons. The van der Waals surface area contributed by atoms with Gasteiger partial charge in [0.1, 0.15) is 0 Å². The van der Waals surface area contributed by atoms with Crippen LogP contribution in [0.1, 0.15) is 79.1 Å². The van der Waals surface area contributed by atoms with E-state index in [-0.39, 0.29) is 12.2 Å². The van der Waals surface area contributed by atoms with Crippen LogP contribution in [0.15, 0.2) is 0 Å². The largest absolute Gasteiger partial charge is 0.323 e. The lowest BCUT2D eigenvalue weighted by Crippen LogP contribution is -2.48. The molecule has 0 aromatic heterocycles. The molecule has 0 aromatic rings. The average Bonchev–Trinajstić information content (AvgIpc) is 2.79. The molecule has 21 heavy (non-hydrogen) atoms. The van der Waals surface area contributed by atoms with Gasteiger partial charge in [0.05, 0.1) is 12.2 Å². The van der Waals surface area contributed by atoms with E-state index in [0.717, 1.165) is 25.2 Å². The van der Waals surface area contributed by atoms with Crippen LogP contribution >= 0.6 is 0 Å². The van der Waals surface area contributed by atoms with E-state index in [4.69, 9.17) is 0 Å². The van der Waals surface area contributed by atoms with Gasteiger partial charge in [-0.25, -0.2) is 0 Å². The molecule has 1 saturated carbocycles. The molecule has 0 bridgehead atoms. The third-order valence-electron chi connectivity index (χ3n) is 5.43. The van der Waals surface area contributed by atoms with Gasteiger partial charge in [0.2, 0.25) is 5.91 Å². The Morgan fingerprint density at radius 1 is 1.19 bits per heavy atom. The van der Waals surface area contributed by atoms with Crippen molar-refractivity contribution in [2.45, 2.75) is 97.3 Å². The van der Waals surface area contributed by atoms with Crippen molar-refractivity contribution in [3.8, 4) is 0 Å². The summed E-state index contributed by atoms with van der Waals surface area (Å²) >= 11 is 0. The van der Waals surface area contributed by atoms with Crippen LogP contribution in [-0.4, -0.2) is 29.1 Å². The molecule has 0 radical (unpaired) electrons. The SMILES string of the molecule is CCCC1NC(C(C)C)C(=O)N1C(CC)C1CCCCC1. The Labute approximate surface area is 130 Å². The Hall–Kier alpha value is -0.570. The van der Waals surface area contributed by atoms with Crippen LogP contribution in [0.25, 0.3) is 0 Å². The van der Waals surface area contributed by atoms with Crippen molar-refractivity contribution in [3.63, 3.8) is 0 Å². The van der Waals surface area contributed by atoms with Gasteiger partial charge in [0.15, 0.2) is 0 Å². The van der Waals surface area contributed by atoms with Crippen molar-refractivity contribution >= 4 is 5.91 Å². The Morgan fingerprint density at radius 2 is 1.86 bits per heavy atom. The zero-order chi connectivity index (χ0) is 15.4. The van der Waals surface area contributed by atoms with Crippen LogP contribution in [0.2, 0.25) is 0 Å². The fraction of sp³-hybridized carbons (Fsp3) is 0.944. The number of nitrogens with one attached hydrogen (secondary N) is 1. The maximum Gasteiger partial charge on any atom is 0.241 e. The number of amides is 1. The second-order valence-corrected chi connectivity index (χ2v) is 7.31. The number of rotatable bonds is 6. The predicted octanol–water partition coefficient (Wildman–Crippen LogP) is 3.93. The van der Waals surface area contributed by atoms with E-state index in [1.165, 1.54) is 32.1 Å². The zero-order valence-electron chi connectivity index (χ0n) is 14.4. The third kappa shape index (κ3) is 3.61. The van der Waals surface area contributed by atoms with Crippen LogP contribution in [0.3, 0.4) is 0 Å². The summed E-state index contributed by atoms with van der Waals surface area (Å²) in [5, 5.41) is 3.62. The Balaban J connectivity index is 2.16. The molecule has 3 nitrogen and oxygen atoms in total. The van der Waals surface area contributed by atoms with Crippen molar-refractivity contribution in [1.82, 2.24) is 10.2 Å². The molecule has 2 fully saturated rings. The van der Waals surface area contributed by atoms with E-state index in [2.05, 4.69) is 37.9 Å². The summed E-state index contributed by atoms with van der Waals surface area (Å²) in [5.74, 6) is 1.46. The zero-order valence-corrected chi connectivity index (χ0v) is 14.4. The number of carbonyl (C=O) groups excluding carboxylic acids is 1. The van der Waals surface area contributed by atoms with Gasteiger partial charge in [0, 0.05) is 6.04 Å². The van der Waals surface area contributed by atoms with Crippen LogP contribution in [-0.2, 0) is 4.79 Å². The lowest BCUT2D eigenvalue weighted by Gasteiger charge is -2.39. The minimum atomic E-state index is 0.0270. The van der Waals surface area contributed by atoms with Crippen molar-refractivity contribution < 1.29 is 4.79 Å². The van der Waals surface area contributed by atoms with E-state index in [1.807, 2.05) is 0 Å². The first-order chi connectivity index (χ1) is 10.1. The lowest BCUT2D eigenvalue weighted by atomic mass is 9.82. The first-order valence-corrected chi connectivity index (χ1v) is 9.18. The molecule has 1 aliphatic carbocycles. The maximum atomic E-state index is 12.9. The van der Waals surface area contributed by atoms with Crippen molar-refractivity contribution in [2.75, 3.05) is 0 Å². The fourth-order valence-electron chi connectivity index (χ4n) is 4.32. The Morgan fingerprint density at radius 3 is 2.38 bits per heavy atom. The smallest absolute Gasteiger partial charge is 0.241 e. The molecule has 1 aliphatic heterocycles. The van der Waals surface area contributed by atoms with Crippen LogP contribution in [0.4, 0.5) is 0 Å². The van der Waals surface area contributed by atoms with E-state index >= 15 is 0 Å². The van der Waals surface area contributed by atoms with Gasteiger partial charge in [0.25, 0.3) is 0 Å². The molecule has 3 unspecified atom stereocenters. The lowest BCUT2D eigenvalue weighted by molar-refractivity contribution is -0.134. The molecule has 1 N–H and O–H groups in total. The first kappa shape index (κ1) is 16.8. The maximum absolute atomic E-state index is 12.9. The molecule has 3 heteroatoms. The highest BCUT2D eigenvalue weighted by Gasteiger charge is 2.44. The fourth-order valence-corrected chi connectivity index (χ4v) is 4.32. The first-order valence-electron chi connectivity index (χ1n) is 9.18. The number of hydrogen-bond donors (Lipinski definition) is 1. The topological polar surface area (TPSA) is 32.3 Å². The van der Waals surface area contributed by atoms with E-state index in [0.29, 0.717) is 17.9 Å². The summed E-state index contributed by atoms with van der Waals surface area (Å²) in [6, 6.07) is 0.477. The normalized spacial score (nSPS) is 29.4. The summed E-state index contributed by atoms with van der Waals surface area (Å²) in [7, 11) is 0. The molecule has 0 aromatic carbocycles. The molecule has 2 rings (SSSR count). The number of carbonyl (C=O) groups is 1. The molecular formula is C18H34N2O. The van der Waals surface area contributed by atoms with E-state index in [9.17, 15) is 4.79 Å². The highest BCUT2D eigenvalue weighted by Crippen LogP contribution is 2.34. The van der Waals surface area contributed by atoms with E-state index in [1.54, 1.807) is 0 Å². The molecule has 1 saturated heterocycles. The Bertz CT molecular complexity index is 336. The van der Waals surface area contributed by atoms with Gasteiger partial charge < -0.3 is 4.90 Å². The number of hydrogen-bond acceptors (Lipinski definition) is 2. The van der Waals surface area contributed by atoms with Gasteiger partial charge in [-0.15, -0.1) is 0 Å². The quantitative estimate of drug-likeness (QED) is 0.805. The van der Waals surface area contributed by atoms with Gasteiger partial charge in [-0.1, -0.05) is 53.4 Å². The number of nitrogens with zero attached hydrogens (tertiary/aromatic N) is 1. The average molecular weight is 294 g/mol. The monoisotopic (exact) mass is 294 g/mol. The van der Waals surface area contributed by atoms with E-state index < -0.39 is 0 Å². The molecule has 1 amide bonds.